The fourth-order valence-corrected chi connectivity index (χ4v) is 4.74. The SMILES string of the molecule is CCOC(=O)[C@H]1CCC[C@H]1S(=O)(=O)c1ccc(C)cc1. The molecule has 0 aromatic heterocycles. The monoisotopic (exact) mass is 296 g/mol. The Hall–Kier alpha value is -1.36. The molecule has 1 aromatic carbocycles. The Bertz CT molecular complexity index is 574. The number of rotatable bonds is 4. The van der Waals surface area contributed by atoms with Crippen molar-refractivity contribution in [2.75, 3.05) is 6.61 Å². The van der Waals surface area contributed by atoms with Crippen molar-refractivity contribution in [2.24, 2.45) is 5.92 Å². The molecule has 0 heterocycles. The molecule has 0 amide bonds. The highest BCUT2D eigenvalue weighted by molar-refractivity contribution is 7.92. The van der Waals surface area contributed by atoms with Gasteiger partial charge in [0.2, 0.25) is 0 Å². The number of aryl methyl sites for hydroxylation is 1. The quantitative estimate of drug-likeness (QED) is 0.801. The molecule has 1 fully saturated rings. The molecule has 1 aliphatic carbocycles. The highest BCUT2D eigenvalue weighted by Crippen LogP contribution is 2.35. The molecule has 0 aliphatic heterocycles. The molecule has 2 rings (SSSR count). The molecule has 0 bridgehead atoms. The van der Waals surface area contributed by atoms with E-state index in [1.54, 1.807) is 31.2 Å². The fourth-order valence-electron chi connectivity index (χ4n) is 2.72. The minimum atomic E-state index is -3.47. The fraction of sp³-hybridized carbons (Fsp3) is 0.533. The summed E-state index contributed by atoms with van der Waals surface area (Å²) < 4.78 is 30.3. The van der Waals surface area contributed by atoms with E-state index in [1.807, 2.05) is 6.92 Å². The maximum atomic E-state index is 12.7. The molecule has 5 heteroatoms. The lowest BCUT2D eigenvalue weighted by atomic mass is 10.1. The van der Waals surface area contributed by atoms with Crippen molar-refractivity contribution in [3.05, 3.63) is 29.8 Å². The second-order valence-corrected chi connectivity index (χ2v) is 7.35. The Morgan fingerprint density at radius 3 is 2.50 bits per heavy atom. The van der Waals surface area contributed by atoms with Crippen LogP contribution in [0.2, 0.25) is 0 Å². The summed E-state index contributed by atoms with van der Waals surface area (Å²) in [4.78, 5) is 12.2. The standard InChI is InChI=1S/C15H20O4S/c1-3-19-15(16)13-5-4-6-14(13)20(17,18)12-9-7-11(2)8-10-12/h7-10,13-14H,3-6H2,1-2H3/t13-,14+/m0/s1. The third-order valence-electron chi connectivity index (χ3n) is 3.79. The third kappa shape index (κ3) is 2.87. The van der Waals surface area contributed by atoms with Gasteiger partial charge in [-0.15, -0.1) is 0 Å². The van der Waals surface area contributed by atoms with E-state index >= 15 is 0 Å². The van der Waals surface area contributed by atoms with E-state index in [4.69, 9.17) is 4.74 Å². The molecule has 1 aromatic rings. The Labute approximate surface area is 120 Å². The van der Waals surface area contributed by atoms with Crippen molar-refractivity contribution in [1.29, 1.82) is 0 Å². The summed E-state index contributed by atoms with van der Waals surface area (Å²) in [5.74, 6) is -0.910. The van der Waals surface area contributed by atoms with Gasteiger partial charge in [-0.3, -0.25) is 4.79 Å². The van der Waals surface area contributed by atoms with E-state index in [2.05, 4.69) is 0 Å². The highest BCUT2D eigenvalue weighted by atomic mass is 32.2. The molecule has 2 atom stereocenters. The van der Waals surface area contributed by atoms with Crippen LogP contribution in [0.5, 0.6) is 0 Å². The molecule has 20 heavy (non-hydrogen) atoms. The molecule has 0 N–H and O–H groups in total. The van der Waals surface area contributed by atoms with E-state index < -0.39 is 21.0 Å². The Kier molecular flexibility index (Phi) is 4.48. The van der Waals surface area contributed by atoms with Crippen LogP contribution >= 0.6 is 0 Å². The highest BCUT2D eigenvalue weighted by Gasteiger charge is 2.42. The van der Waals surface area contributed by atoms with Crippen LogP contribution in [0.3, 0.4) is 0 Å². The van der Waals surface area contributed by atoms with Crippen molar-refractivity contribution in [2.45, 2.75) is 43.3 Å². The zero-order valence-corrected chi connectivity index (χ0v) is 12.7. The lowest BCUT2D eigenvalue weighted by molar-refractivity contribution is -0.147. The van der Waals surface area contributed by atoms with Gasteiger partial charge in [-0.1, -0.05) is 24.1 Å². The number of hydrogen-bond donors (Lipinski definition) is 0. The maximum Gasteiger partial charge on any atom is 0.310 e. The molecule has 1 saturated carbocycles. The van der Waals surface area contributed by atoms with Gasteiger partial charge in [0, 0.05) is 0 Å². The summed E-state index contributed by atoms with van der Waals surface area (Å²) in [6.07, 6.45) is 1.87. The van der Waals surface area contributed by atoms with Gasteiger partial charge in [0.05, 0.1) is 22.7 Å². The predicted molar refractivity (Wildman–Crippen MR) is 76.1 cm³/mol. The lowest BCUT2D eigenvalue weighted by Crippen LogP contribution is -2.32. The van der Waals surface area contributed by atoms with Crippen LogP contribution in [0.15, 0.2) is 29.2 Å². The lowest BCUT2D eigenvalue weighted by Gasteiger charge is -2.18. The average Bonchev–Trinajstić information content (AvgIpc) is 2.89. The minimum absolute atomic E-state index is 0.284. The van der Waals surface area contributed by atoms with Crippen LogP contribution in [0.4, 0.5) is 0 Å². The number of hydrogen-bond acceptors (Lipinski definition) is 4. The first kappa shape index (κ1) is 15.0. The van der Waals surface area contributed by atoms with E-state index in [0.717, 1.165) is 12.0 Å². The zero-order chi connectivity index (χ0) is 14.8. The third-order valence-corrected chi connectivity index (χ3v) is 6.08. The van der Waals surface area contributed by atoms with E-state index in [0.29, 0.717) is 17.7 Å². The Morgan fingerprint density at radius 2 is 1.90 bits per heavy atom. The first-order valence-electron chi connectivity index (χ1n) is 6.94. The maximum absolute atomic E-state index is 12.7. The summed E-state index contributed by atoms with van der Waals surface area (Å²) in [6, 6.07) is 6.79. The van der Waals surface area contributed by atoms with Gasteiger partial charge in [0.25, 0.3) is 0 Å². The number of esters is 1. The summed E-state index contributed by atoms with van der Waals surface area (Å²) in [7, 11) is -3.47. The first-order chi connectivity index (χ1) is 9.46. The molecule has 110 valence electrons. The van der Waals surface area contributed by atoms with Crippen LogP contribution in [0.1, 0.15) is 31.7 Å². The predicted octanol–water partition coefficient (Wildman–Crippen LogP) is 2.50. The summed E-state index contributed by atoms with van der Waals surface area (Å²) in [5.41, 5.74) is 1.01. The number of benzene rings is 1. The van der Waals surface area contributed by atoms with Crippen molar-refractivity contribution in [3.8, 4) is 0 Å². The number of carbonyl (C=O) groups is 1. The van der Waals surface area contributed by atoms with Crippen molar-refractivity contribution < 1.29 is 17.9 Å². The summed E-state index contributed by atoms with van der Waals surface area (Å²) in [6.45, 7) is 3.93. The normalized spacial score (nSPS) is 22.7. The van der Waals surface area contributed by atoms with Gasteiger partial charge in [-0.2, -0.15) is 0 Å². The van der Waals surface area contributed by atoms with E-state index in [9.17, 15) is 13.2 Å². The van der Waals surface area contributed by atoms with Gasteiger partial charge in [0.1, 0.15) is 0 Å². The van der Waals surface area contributed by atoms with E-state index in [-0.39, 0.29) is 12.6 Å². The van der Waals surface area contributed by atoms with Crippen LogP contribution < -0.4 is 0 Å². The Balaban J connectivity index is 2.28. The largest absolute Gasteiger partial charge is 0.466 e. The zero-order valence-electron chi connectivity index (χ0n) is 11.8. The van der Waals surface area contributed by atoms with E-state index in [1.165, 1.54) is 0 Å². The van der Waals surface area contributed by atoms with Crippen molar-refractivity contribution in [1.82, 2.24) is 0 Å². The molecule has 1 aliphatic rings. The molecule has 0 spiro atoms. The smallest absolute Gasteiger partial charge is 0.310 e. The number of carbonyl (C=O) groups excluding carboxylic acids is 1. The molecule has 0 unspecified atom stereocenters. The molecule has 4 nitrogen and oxygen atoms in total. The molecule has 0 radical (unpaired) electrons. The van der Waals surface area contributed by atoms with Crippen molar-refractivity contribution in [3.63, 3.8) is 0 Å². The Morgan fingerprint density at radius 1 is 1.25 bits per heavy atom. The van der Waals surface area contributed by atoms with Crippen LogP contribution in [-0.2, 0) is 19.4 Å². The minimum Gasteiger partial charge on any atom is -0.466 e. The van der Waals surface area contributed by atoms with Gasteiger partial charge >= 0.3 is 5.97 Å². The van der Waals surface area contributed by atoms with Crippen LogP contribution in [-0.4, -0.2) is 26.2 Å². The topological polar surface area (TPSA) is 60.4 Å². The number of ether oxygens (including phenoxy) is 1. The van der Waals surface area contributed by atoms with Gasteiger partial charge in [0.15, 0.2) is 9.84 Å². The van der Waals surface area contributed by atoms with Crippen LogP contribution in [0, 0.1) is 12.8 Å². The van der Waals surface area contributed by atoms with Crippen molar-refractivity contribution >= 4 is 15.8 Å². The molecular formula is C15H20O4S. The summed E-state index contributed by atoms with van der Waals surface area (Å²) in [5, 5.41) is -0.649. The van der Waals surface area contributed by atoms with Gasteiger partial charge < -0.3 is 4.74 Å². The second-order valence-electron chi connectivity index (χ2n) is 5.19. The first-order valence-corrected chi connectivity index (χ1v) is 8.48. The van der Waals surface area contributed by atoms with Crippen LogP contribution in [0.25, 0.3) is 0 Å². The summed E-state index contributed by atoms with van der Waals surface area (Å²) >= 11 is 0. The number of sulfone groups is 1. The molecule has 0 saturated heterocycles. The van der Waals surface area contributed by atoms with Gasteiger partial charge in [-0.05, 0) is 38.8 Å². The van der Waals surface area contributed by atoms with Gasteiger partial charge in [-0.25, -0.2) is 8.42 Å². The second kappa shape index (κ2) is 5.95. The average molecular weight is 296 g/mol. The molecular weight excluding hydrogens is 276 g/mol.